The zero-order chi connectivity index (χ0) is 33.7. The highest BCUT2D eigenvalue weighted by molar-refractivity contribution is 6.35. The van der Waals surface area contributed by atoms with Crippen LogP contribution in [0.25, 0.3) is 0 Å². The molecule has 234 valence electrons. The number of benzene rings is 5. The molecule has 0 bridgehead atoms. The van der Waals surface area contributed by atoms with Gasteiger partial charge in [0.15, 0.2) is 0 Å². The number of hydrogen-bond donors (Lipinski definition) is 2. The van der Waals surface area contributed by atoms with Crippen molar-refractivity contribution in [2.75, 3.05) is 9.80 Å². The smallest absolute Gasteiger partial charge is 0.335 e. The van der Waals surface area contributed by atoms with Crippen molar-refractivity contribution < 1.29 is 48.5 Å². The van der Waals surface area contributed by atoms with Gasteiger partial charge in [0.1, 0.15) is 23.0 Å². The zero-order valence-corrected chi connectivity index (χ0v) is 24.4. The normalized spacial score (nSPS) is 13.4. The van der Waals surface area contributed by atoms with Crippen LogP contribution in [0.15, 0.2) is 109 Å². The average molecular weight is 641 g/mol. The number of anilines is 2. The molecule has 48 heavy (non-hydrogen) atoms. The minimum absolute atomic E-state index is 0.0198. The van der Waals surface area contributed by atoms with Crippen LogP contribution < -0.4 is 19.3 Å². The number of imide groups is 2. The Morgan fingerprint density at radius 1 is 0.438 bits per heavy atom. The molecule has 7 rings (SSSR count). The molecule has 0 spiro atoms. The minimum Gasteiger partial charge on any atom is -0.478 e. The lowest BCUT2D eigenvalue weighted by Crippen LogP contribution is -2.29. The molecule has 0 atom stereocenters. The fraction of sp³-hybridized carbons (Fsp3) is 0. The van der Waals surface area contributed by atoms with Crippen molar-refractivity contribution in [2.45, 2.75) is 0 Å². The van der Waals surface area contributed by atoms with E-state index in [9.17, 15) is 39.0 Å². The number of carbonyl (C=O) groups excluding carboxylic acids is 4. The fourth-order valence-corrected chi connectivity index (χ4v) is 5.42. The molecule has 2 heterocycles. The molecule has 12 heteroatoms. The molecule has 0 unspecified atom stereocenters. The summed E-state index contributed by atoms with van der Waals surface area (Å²) in [6.45, 7) is 0. The van der Waals surface area contributed by atoms with E-state index in [2.05, 4.69) is 0 Å². The van der Waals surface area contributed by atoms with Crippen molar-refractivity contribution in [3.05, 3.63) is 143 Å². The second-order valence-corrected chi connectivity index (χ2v) is 10.7. The zero-order valence-electron chi connectivity index (χ0n) is 24.4. The number of carboxylic acids is 2. The van der Waals surface area contributed by atoms with Gasteiger partial charge in [-0.15, -0.1) is 0 Å². The number of carboxylic acid groups (broad SMARTS) is 2. The first kappa shape index (κ1) is 29.6. The Morgan fingerprint density at radius 2 is 0.812 bits per heavy atom. The first-order valence-electron chi connectivity index (χ1n) is 14.3. The summed E-state index contributed by atoms with van der Waals surface area (Å²) in [4.78, 5) is 76.3. The monoisotopic (exact) mass is 640 g/mol. The highest BCUT2D eigenvalue weighted by Gasteiger charge is 2.38. The van der Waals surface area contributed by atoms with E-state index >= 15 is 0 Å². The van der Waals surface area contributed by atoms with Crippen LogP contribution in [0.2, 0.25) is 0 Å². The van der Waals surface area contributed by atoms with Crippen LogP contribution >= 0.6 is 0 Å². The van der Waals surface area contributed by atoms with Gasteiger partial charge in [0.05, 0.1) is 44.8 Å². The van der Waals surface area contributed by atoms with Crippen LogP contribution in [-0.2, 0) is 0 Å². The Morgan fingerprint density at radius 3 is 1.19 bits per heavy atom. The van der Waals surface area contributed by atoms with Crippen LogP contribution in [0, 0.1) is 0 Å². The number of rotatable bonds is 8. The third-order valence-corrected chi connectivity index (χ3v) is 7.73. The minimum atomic E-state index is -1.20. The predicted octanol–water partition coefficient (Wildman–Crippen LogP) is 6.27. The van der Waals surface area contributed by atoms with Crippen molar-refractivity contribution in [1.82, 2.24) is 0 Å². The summed E-state index contributed by atoms with van der Waals surface area (Å²) >= 11 is 0. The average Bonchev–Trinajstić information content (AvgIpc) is 3.48. The summed E-state index contributed by atoms with van der Waals surface area (Å²) in [6.07, 6.45) is 0. The Labute approximate surface area is 270 Å². The maximum Gasteiger partial charge on any atom is 0.335 e. The maximum absolute atomic E-state index is 13.0. The van der Waals surface area contributed by atoms with E-state index in [0.717, 1.165) is 9.80 Å². The first-order chi connectivity index (χ1) is 23.1. The number of amides is 4. The van der Waals surface area contributed by atoms with Gasteiger partial charge in [-0.2, -0.15) is 0 Å². The number of ether oxygens (including phenoxy) is 2. The standard InChI is InChI=1S/C36H20N2O10/c39-31-27-14-4-19(35(43)44)16-29(27)33(41)37(31)21-6-10-23(11-7-21)47-25-2-1-3-26(18-25)48-24-12-8-22(9-13-24)38-32(40)28-15-5-20(36(45)46)17-30(28)34(38)42/h1-18H,(H,43,44)(H,45,46). The molecule has 5 aromatic carbocycles. The lowest BCUT2D eigenvalue weighted by Gasteiger charge is -2.15. The molecule has 0 saturated heterocycles. The van der Waals surface area contributed by atoms with Crippen LogP contribution in [0.1, 0.15) is 62.1 Å². The summed E-state index contributed by atoms with van der Waals surface area (Å²) in [5, 5.41) is 18.5. The molecule has 12 nitrogen and oxygen atoms in total. The molecule has 2 aliphatic heterocycles. The SMILES string of the molecule is O=C(O)c1ccc2c(c1)C(=O)N(c1ccc(Oc3cccc(Oc4ccc(N5C(=O)c6ccc(C(=O)O)cc6C5=O)cc4)c3)cc1)C2=O. The number of aromatic carboxylic acids is 2. The third kappa shape index (κ3) is 5.08. The molecule has 0 aliphatic carbocycles. The van der Waals surface area contributed by atoms with E-state index in [-0.39, 0.29) is 44.8 Å². The van der Waals surface area contributed by atoms with E-state index < -0.39 is 35.6 Å². The molecular formula is C36H20N2O10. The van der Waals surface area contributed by atoms with Crippen molar-refractivity contribution in [2.24, 2.45) is 0 Å². The van der Waals surface area contributed by atoms with Gasteiger partial charge >= 0.3 is 11.9 Å². The van der Waals surface area contributed by atoms with E-state index in [1.807, 2.05) is 0 Å². The highest BCUT2D eigenvalue weighted by Crippen LogP contribution is 2.34. The second-order valence-electron chi connectivity index (χ2n) is 10.7. The van der Waals surface area contributed by atoms with Crippen molar-refractivity contribution in [3.63, 3.8) is 0 Å². The molecule has 4 amide bonds. The van der Waals surface area contributed by atoms with Crippen LogP contribution in [-0.4, -0.2) is 45.8 Å². The number of nitrogens with zero attached hydrogens (tertiary/aromatic N) is 2. The molecule has 0 saturated carbocycles. The summed E-state index contributed by atoms with van der Waals surface area (Å²) in [5.74, 6) is -3.12. The Kier molecular flexibility index (Phi) is 7.02. The molecule has 0 fully saturated rings. The molecule has 2 N–H and O–H groups in total. The van der Waals surface area contributed by atoms with Crippen LogP contribution in [0.3, 0.4) is 0 Å². The third-order valence-electron chi connectivity index (χ3n) is 7.73. The summed E-state index contributed by atoms with van der Waals surface area (Å²) in [7, 11) is 0. The Balaban J connectivity index is 1.02. The molecule has 0 aromatic heterocycles. The number of carbonyl (C=O) groups is 6. The predicted molar refractivity (Wildman–Crippen MR) is 169 cm³/mol. The van der Waals surface area contributed by atoms with Gasteiger partial charge in [-0.25, -0.2) is 19.4 Å². The van der Waals surface area contributed by atoms with Crippen LogP contribution in [0.5, 0.6) is 23.0 Å². The van der Waals surface area contributed by atoms with E-state index in [1.54, 1.807) is 48.5 Å². The number of fused-ring (bicyclic) bond motifs is 2. The maximum atomic E-state index is 13.0. The lowest BCUT2D eigenvalue weighted by molar-refractivity contribution is 0.0686. The van der Waals surface area contributed by atoms with Gasteiger partial charge in [0, 0.05) is 6.07 Å². The van der Waals surface area contributed by atoms with E-state index in [0.29, 0.717) is 23.0 Å². The second kappa shape index (κ2) is 11.4. The van der Waals surface area contributed by atoms with Gasteiger partial charge in [0.25, 0.3) is 23.6 Å². The van der Waals surface area contributed by atoms with E-state index in [1.165, 1.54) is 60.7 Å². The lowest BCUT2D eigenvalue weighted by atomic mass is 10.1. The van der Waals surface area contributed by atoms with Gasteiger partial charge in [0.2, 0.25) is 0 Å². The Bertz CT molecular complexity index is 2070. The summed E-state index contributed by atoms with van der Waals surface area (Å²) < 4.78 is 11.9. The topological polar surface area (TPSA) is 168 Å². The quantitative estimate of drug-likeness (QED) is 0.185. The van der Waals surface area contributed by atoms with E-state index in [4.69, 9.17) is 9.47 Å². The van der Waals surface area contributed by atoms with Gasteiger partial charge in [-0.3, -0.25) is 19.2 Å². The summed E-state index contributed by atoms with van der Waals surface area (Å²) in [6, 6.07) is 26.8. The number of hydrogen-bond acceptors (Lipinski definition) is 8. The highest BCUT2D eigenvalue weighted by atomic mass is 16.5. The molecule has 2 aliphatic rings. The largest absolute Gasteiger partial charge is 0.478 e. The van der Waals surface area contributed by atoms with Gasteiger partial charge in [-0.05, 0) is 97.1 Å². The molecule has 0 radical (unpaired) electrons. The van der Waals surface area contributed by atoms with Crippen molar-refractivity contribution in [3.8, 4) is 23.0 Å². The Hall–Kier alpha value is -7.08. The van der Waals surface area contributed by atoms with Crippen LogP contribution in [0.4, 0.5) is 11.4 Å². The van der Waals surface area contributed by atoms with Gasteiger partial charge < -0.3 is 19.7 Å². The molecular weight excluding hydrogens is 620 g/mol. The summed E-state index contributed by atoms with van der Waals surface area (Å²) in [5.41, 5.74) is 0.674. The van der Waals surface area contributed by atoms with Crippen molar-refractivity contribution in [1.29, 1.82) is 0 Å². The fourth-order valence-electron chi connectivity index (χ4n) is 5.42. The first-order valence-corrected chi connectivity index (χ1v) is 14.3. The van der Waals surface area contributed by atoms with Gasteiger partial charge in [-0.1, -0.05) is 6.07 Å². The molecule has 5 aromatic rings. The van der Waals surface area contributed by atoms with Crippen molar-refractivity contribution >= 4 is 46.9 Å².